The Morgan fingerprint density at radius 2 is 1.63 bits per heavy atom. The van der Waals surface area contributed by atoms with Crippen LogP contribution in [0.3, 0.4) is 0 Å². The average molecular weight is 424 g/mol. The van der Waals surface area contributed by atoms with E-state index in [-0.39, 0.29) is 11.6 Å². The summed E-state index contributed by atoms with van der Waals surface area (Å²) in [6.07, 6.45) is -4.98. The van der Waals surface area contributed by atoms with Crippen molar-refractivity contribution in [3.8, 4) is 28.7 Å². The minimum absolute atomic E-state index is 0.0482. The van der Waals surface area contributed by atoms with E-state index in [0.717, 1.165) is 7.05 Å². The van der Waals surface area contributed by atoms with Gasteiger partial charge in [0.15, 0.2) is 17.1 Å². The zero-order chi connectivity index (χ0) is 22.2. The molecular formula is C20H19F3N2O5. The Morgan fingerprint density at radius 1 is 1.03 bits per heavy atom. The summed E-state index contributed by atoms with van der Waals surface area (Å²) in [7, 11) is 5.47. The number of carbonyl (C=O) groups excluding carboxylic acids is 1. The first-order valence-electron chi connectivity index (χ1n) is 8.67. The molecule has 10 heteroatoms. The second-order valence-corrected chi connectivity index (χ2v) is 6.41. The third-order valence-electron chi connectivity index (χ3n) is 4.51. The number of halogens is 3. The highest BCUT2D eigenvalue weighted by atomic mass is 19.4. The van der Waals surface area contributed by atoms with Crippen molar-refractivity contribution in [1.82, 2.24) is 4.98 Å². The van der Waals surface area contributed by atoms with Gasteiger partial charge in [-0.1, -0.05) is 0 Å². The van der Waals surface area contributed by atoms with Crippen LogP contribution in [-0.4, -0.2) is 45.4 Å². The van der Waals surface area contributed by atoms with Crippen LogP contribution in [-0.2, 0) is 4.79 Å². The van der Waals surface area contributed by atoms with E-state index in [4.69, 9.17) is 18.6 Å². The van der Waals surface area contributed by atoms with Gasteiger partial charge in [0.1, 0.15) is 5.52 Å². The summed E-state index contributed by atoms with van der Waals surface area (Å²) < 4.78 is 60.1. The molecule has 0 saturated carbocycles. The predicted molar refractivity (Wildman–Crippen MR) is 103 cm³/mol. The summed E-state index contributed by atoms with van der Waals surface area (Å²) in [5.41, 5.74) is 1.77. The Kier molecular flexibility index (Phi) is 5.51. The van der Waals surface area contributed by atoms with Crippen molar-refractivity contribution in [2.45, 2.75) is 13.1 Å². The lowest BCUT2D eigenvalue weighted by Crippen LogP contribution is -2.38. The zero-order valence-electron chi connectivity index (χ0n) is 16.9. The second-order valence-electron chi connectivity index (χ2n) is 6.41. The average Bonchev–Trinajstić information content (AvgIpc) is 3.15. The summed E-state index contributed by atoms with van der Waals surface area (Å²) in [5.74, 6) is -0.599. The number of ether oxygens (including phenoxy) is 3. The summed E-state index contributed by atoms with van der Waals surface area (Å²) in [6.45, 7) is 1.65. The van der Waals surface area contributed by atoms with Crippen LogP contribution in [0.25, 0.3) is 22.6 Å². The molecule has 30 heavy (non-hydrogen) atoms. The minimum Gasteiger partial charge on any atom is -0.493 e. The fourth-order valence-electron chi connectivity index (χ4n) is 3.01. The molecule has 0 saturated heterocycles. The van der Waals surface area contributed by atoms with Gasteiger partial charge in [-0.05, 0) is 36.8 Å². The van der Waals surface area contributed by atoms with E-state index in [0.29, 0.717) is 44.4 Å². The van der Waals surface area contributed by atoms with Crippen LogP contribution in [0.2, 0.25) is 0 Å². The number of nitrogens with zero attached hydrogens (tertiary/aromatic N) is 2. The largest absolute Gasteiger partial charge is 0.493 e. The molecule has 0 aliphatic carbocycles. The van der Waals surface area contributed by atoms with Gasteiger partial charge >= 0.3 is 12.1 Å². The highest BCUT2D eigenvalue weighted by Gasteiger charge is 2.41. The van der Waals surface area contributed by atoms with Crippen LogP contribution in [0.15, 0.2) is 28.7 Å². The lowest BCUT2D eigenvalue weighted by atomic mass is 10.1. The summed E-state index contributed by atoms with van der Waals surface area (Å²) in [4.78, 5) is 16.5. The number of amides is 1. The molecule has 0 bridgehead atoms. The standard InChI is InChI=1S/C20H19F3N2O5/c1-10-6-12(25(2)19(26)20(21,22)23)9-13-16(10)30-18(24-13)11-7-14(27-3)17(29-5)15(8-11)28-4/h6-9H,1-5H3. The van der Waals surface area contributed by atoms with Crippen LogP contribution in [0.4, 0.5) is 18.9 Å². The quantitative estimate of drug-likeness (QED) is 0.606. The molecule has 0 fully saturated rings. The van der Waals surface area contributed by atoms with Gasteiger partial charge in [-0.15, -0.1) is 0 Å². The number of hydrogen-bond acceptors (Lipinski definition) is 6. The Labute approximate surface area is 169 Å². The van der Waals surface area contributed by atoms with E-state index in [1.165, 1.54) is 33.5 Å². The first kappa shape index (κ1) is 21.3. The van der Waals surface area contributed by atoms with Crippen LogP contribution in [0, 0.1) is 6.92 Å². The molecule has 160 valence electrons. The van der Waals surface area contributed by atoms with Gasteiger partial charge in [0.2, 0.25) is 11.6 Å². The van der Waals surface area contributed by atoms with Crippen molar-refractivity contribution < 1.29 is 36.6 Å². The van der Waals surface area contributed by atoms with E-state index in [9.17, 15) is 18.0 Å². The number of aromatic nitrogens is 1. The van der Waals surface area contributed by atoms with Crippen LogP contribution < -0.4 is 19.1 Å². The molecule has 3 rings (SSSR count). The lowest BCUT2D eigenvalue weighted by Gasteiger charge is -2.19. The molecule has 3 aromatic rings. The Morgan fingerprint density at radius 3 is 2.13 bits per heavy atom. The fraction of sp³-hybridized carbons (Fsp3) is 0.300. The molecular weight excluding hydrogens is 405 g/mol. The number of benzene rings is 2. The SMILES string of the molecule is COc1cc(-c2nc3cc(N(C)C(=O)C(F)(F)F)cc(C)c3o2)cc(OC)c1OC. The molecule has 0 unspecified atom stereocenters. The van der Waals surface area contributed by atoms with Gasteiger partial charge in [0.25, 0.3) is 0 Å². The number of fused-ring (bicyclic) bond motifs is 1. The molecule has 2 aromatic carbocycles. The van der Waals surface area contributed by atoms with E-state index < -0.39 is 12.1 Å². The number of oxazole rings is 1. The van der Waals surface area contributed by atoms with Gasteiger partial charge in [-0.25, -0.2) is 4.98 Å². The topological polar surface area (TPSA) is 74.0 Å². The van der Waals surface area contributed by atoms with Crippen molar-refractivity contribution in [2.24, 2.45) is 0 Å². The van der Waals surface area contributed by atoms with Crippen LogP contribution in [0.5, 0.6) is 17.2 Å². The van der Waals surface area contributed by atoms with Crippen molar-refractivity contribution in [3.63, 3.8) is 0 Å². The highest BCUT2D eigenvalue weighted by Crippen LogP contribution is 2.42. The van der Waals surface area contributed by atoms with Gasteiger partial charge in [-0.2, -0.15) is 13.2 Å². The van der Waals surface area contributed by atoms with E-state index >= 15 is 0 Å². The molecule has 1 aromatic heterocycles. The monoisotopic (exact) mass is 424 g/mol. The van der Waals surface area contributed by atoms with Crippen molar-refractivity contribution >= 4 is 22.7 Å². The maximum absolute atomic E-state index is 12.8. The number of hydrogen-bond donors (Lipinski definition) is 0. The normalized spacial score (nSPS) is 11.5. The smallest absolute Gasteiger partial charge is 0.471 e. The summed E-state index contributed by atoms with van der Waals surface area (Å²) in [5, 5.41) is 0. The van der Waals surface area contributed by atoms with Crippen LogP contribution in [0.1, 0.15) is 5.56 Å². The van der Waals surface area contributed by atoms with Crippen molar-refractivity contribution in [1.29, 1.82) is 0 Å². The minimum atomic E-state index is -4.98. The Bertz CT molecular complexity index is 1080. The Balaban J connectivity index is 2.10. The van der Waals surface area contributed by atoms with Gasteiger partial charge in [0.05, 0.1) is 21.3 Å². The number of alkyl halides is 3. The molecule has 0 aliphatic heterocycles. The molecule has 0 aliphatic rings. The molecule has 0 spiro atoms. The highest BCUT2D eigenvalue weighted by molar-refractivity contribution is 5.98. The fourth-order valence-corrected chi connectivity index (χ4v) is 3.01. The van der Waals surface area contributed by atoms with E-state index in [2.05, 4.69) is 4.98 Å². The van der Waals surface area contributed by atoms with Gasteiger partial charge in [-0.3, -0.25) is 4.79 Å². The molecule has 0 radical (unpaired) electrons. The second kappa shape index (κ2) is 7.77. The molecule has 0 atom stereocenters. The van der Waals surface area contributed by atoms with Gasteiger partial charge in [0, 0.05) is 18.3 Å². The third kappa shape index (κ3) is 3.72. The molecule has 1 amide bonds. The van der Waals surface area contributed by atoms with Crippen molar-refractivity contribution in [2.75, 3.05) is 33.3 Å². The van der Waals surface area contributed by atoms with Crippen molar-refractivity contribution in [3.05, 3.63) is 29.8 Å². The molecule has 0 N–H and O–H groups in total. The van der Waals surface area contributed by atoms with Crippen LogP contribution >= 0.6 is 0 Å². The van der Waals surface area contributed by atoms with E-state index in [1.807, 2.05) is 0 Å². The molecule has 7 nitrogen and oxygen atoms in total. The first-order chi connectivity index (χ1) is 14.1. The number of rotatable bonds is 5. The number of aryl methyl sites for hydroxylation is 1. The summed E-state index contributed by atoms with van der Waals surface area (Å²) in [6, 6.07) is 6.07. The van der Waals surface area contributed by atoms with Gasteiger partial charge < -0.3 is 23.5 Å². The Hall–Kier alpha value is -3.43. The first-order valence-corrected chi connectivity index (χ1v) is 8.67. The third-order valence-corrected chi connectivity index (χ3v) is 4.51. The maximum Gasteiger partial charge on any atom is 0.471 e. The number of anilines is 1. The number of carbonyl (C=O) groups is 1. The lowest BCUT2D eigenvalue weighted by molar-refractivity contribution is -0.170. The maximum atomic E-state index is 12.8. The predicted octanol–water partition coefficient (Wildman–Crippen LogP) is 4.35. The summed E-state index contributed by atoms with van der Waals surface area (Å²) >= 11 is 0. The number of methoxy groups -OCH3 is 3. The zero-order valence-corrected chi connectivity index (χ0v) is 16.9. The van der Waals surface area contributed by atoms with E-state index in [1.54, 1.807) is 19.1 Å². The molecule has 1 heterocycles.